The largest absolute Gasteiger partial charge is 0.370 e. The van der Waals surface area contributed by atoms with Gasteiger partial charge >= 0.3 is 0 Å². The lowest BCUT2D eigenvalue weighted by molar-refractivity contribution is -0.119. The summed E-state index contributed by atoms with van der Waals surface area (Å²) in [5.41, 5.74) is 6.27. The maximum atomic E-state index is 11.0. The van der Waals surface area contributed by atoms with Gasteiger partial charge in [0.25, 0.3) is 0 Å². The van der Waals surface area contributed by atoms with Gasteiger partial charge in [0, 0.05) is 25.1 Å². The monoisotopic (exact) mass is 296 g/mol. The summed E-state index contributed by atoms with van der Waals surface area (Å²) in [5, 5.41) is 0.550. The summed E-state index contributed by atoms with van der Waals surface area (Å²) in [7, 11) is 0. The Kier molecular flexibility index (Phi) is 4.81. The molecule has 110 valence electrons. The van der Waals surface area contributed by atoms with Crippen LogP contribution in [-0.4, -0.2) is 29.0 Å². The van der Waals surface area contributed by atoms with Gasteiger partial charge in [0.15, 0.2) is 0 Å². The molecule has 2 N–H and O–H groups in total. The second-order valence-corrected chi connectivity index (χ2v) is 5.68. The Balaban J connectivity index is 2.12. The van der Waals surface area contributed by atoms with E-state index in [0.29, 0.717) is 23.3 Å². The van der Waals surface area contributed by atoms with Crippen LogP contribution >= 0.6 is 11.6 Å². The fourth-order valence-electron chi connectivity index (χ4n) is 2.75. The second-order valence-electron chi connectivity index (χ2n) is 5.32. The van der Waals surface area contributed by atoms with Crippen molar-refractivity contribution in [3.8, 4) is 0 Å². The van der Waals surface area contributed by atoms with Gasteiger partial charge in [0.2, 0.25) is 5.91 Å². The summed E-state index contributed by atoms with van der Waals surface area (Å²) in [4.78, 5) is 22.0. The number of aryl methyl sites for hydroxylation is 1. The zero-order chi connectivity index (χ0) is 14.7. The molecule has 5 nitrogen and oxygen atoms in total. The number of hydrogen-bond acceptors (Lipinski definition) is 4. The average Bonchev–Trinajstić information content (AvgIpc) is 2.38. The van der Waals surface area contributed by atoms with E-state index in [2.05, 4.69) is 21.8 Å². The zero-order valence-electron chi connectivity index (χ0n) is 12.0. The molecule has 0 aromatic carbocycles. The minimum atomic E-state index is -0.210. The summed E-state index contributed by atoms with van der Waals surface area (Å²) in [6.07, 6.45) is 3.23. The second kappa shape index (κ2) is 6.39. The minimum absolute atomic E-state index is 0.210. The molecular formula is C14H21ClN4O. The fraction of sp³-hybridized carbons (Fsp3) is 0.643. The third-order valence-electron chi connectivity index (χ3n) is 3.80. The first kappa shape index (κ1) is 15.0. The Morgan fingerprint density at radius 2 is 2.05 bits per heavy atom. The first-order valence-electron chi connectivity index (χ1n) is 7.07. The van der Waals surface area contributed by atoms with Gasteiger partial charge in [0.05, 0.1) is 0 Å². The van der Waals surface area contributed by atoms with Crippen LogP contribution in [0.2, 0.25) is 5.15 Å². The smallest absolute Gasteiger partial charge is 0.217 e. The highest BCUT2D eigenvalue weighted by Crippen LogP contribution is 2.29. The summed E-state index contributed by atoms with van der Waals surface area (Å²) in [5.74, 6) is 1.83. The van der Waals surface area contributed by atoms with Crippen molar-refractivity contribution in [1.29, 1.82) is 0 Å². The number of primary amides is 1. The van der Waals surface area contributed by atoms with E-state index in [-0.39, 0.29) is 5.91 Å². The highest BCUT2D eigenvalue weighted by molar-refractivity contribution is 6.30. The van der Waals surface area contributed by atoms with Gasteiger partial charge in [-0.2, -0.15) is 0 Å². The predicted octanol–water partition coefficient (Wildman–Crippen LogP) is 2.09. The molecule has 0 radical (unpaired) electrons. The minimum Gasteiger partial charge on any atom is -0.370 e. The molecule has 0 aliphatic carbocycles. The lowest BCUT2D eigenvalue weighted by atomic mass is 9.93. The maximum Gasteiger partial charge on any atom is 0.217 e. The number of anilines is 1. The van der Waals surface area contributed by atoms with Crippen molar-refractivity contribution in [2.24, 2.45) is 11.7 Å². The van der Waals surface area contributed by atoms with Crippen LogP contribution in [0.25, 0.3) is 0 Å². The van der Waals surface area contributed by atoms with Crippen molar-refractivity contribution < 1.29 is 4.79 Å². The number of rotatable bonds is 4. The molecule has 0 saturated carbocycles. The Bertz CT molecular complexity index is 498. The van der Waals surface area contributed by atoms with E-state index in [0.717, 1.165) is 43.7 Å². The number of nitrogens with zero attached hydrogens (tertiary/aromatic N) is 3. The van der Waals surface area contributed by atoms with Crippen LogP contribution in [0.15, 0.2) is 0 Å². The standard InChI is InChI=1S/C14H21ClN4O/c1-3-11-13(15)17-9(2)18-14(11)19-6-4-10(5-7-19)8-12(16)20/h10H,3-8H2,1-2H3,(H2,16,20). The number of halogens is 1. The molecule has 1 aromatic rings. The lowest BCUT2D eigenvalue weighted by Crippen LogP contribution is -2.36. The molecule has 1 aliphatic rings. The molecule has 2 heterocycles. The van der Waals surface area contributed by atoms with Gasteiger partial charge in [-0.15, -0.1) is 0 Å². The van der Waals surface area contributed by atoms with Crippen molar-refractivity contribution >= 4 is 23.3 Å². The third-order valence-corrected chi connectivity index (χ3v) is 4.12. The first-order valence-corrected chi connectivity index (χ1v) is 7.45. The molecule has 1 amide bonds. The summed E-state index contributed by atoms with van der Waals surface area (Å²) in [6.45, 7) is 5.69. The molecule has 20 heavy (non-hydrogen) atoms. The zero-order valence-corrected chi connectivity index (χ0v) is 12.8. The quantitative estimate of drug-likeness (QED) is 0.864. The van der Waals surface area contributed by atoms with E-state index in [1.807, 2.05) is 6.92 Å². The topological polar surface area (TPSA) is 72.1 Å². The van der Waals surface area contributed by atoms with Crippen LogP contribution in [0.1, 0.15) is 37.6 Å². The third kappa shape index (κ3) is 3.39. The molecule has 0 atom stereocenters. The van der Waals surface area contributed by atoms with E-state index >= 15 is 0 Å². The van der Waals surface area contributed by atoms with E-state index in [9.17, 15) is 4.79 Å². The van der Waals surface area contributed by atoms with Gasteiger partial charge in [0.1, 0.15) is 16.8 Å². The van der Waals surface area contributed by atoms with Crippen molar-refractivity contribution in [2.75, 3.05) is 18.0 Å². The summed E-state index contributed by atoms with van der Waals surface area (Å²) >= 11 is 6.21. The molecule has 1 fully saturated rings. The van der Waals surface area contributed by atoms with Gasteiger partial charge in [-0.05, 0) is 32.1 Å². The number of amides is 1. The summed E-state index contributed by atoms with van der Waals surface area (Å²) in [6, 6.07) is 0. The Labute approximate surface area is 124 Å². The highest BCUT2D eigenvalue weighted by Gasteiger charge is 2.24. The van der Waals surface area contributed by atoms with Gasteiger partial charge in [-0.1, -0.05) is 18.5 Å². The number of aromatic nitrogens is 2. The SMILES string of the molecule is CCc1c(Cl)nc(C)nc1N1CCC(CC(N)=O)CC1. The Hall–Kier alpha value is -1.36. The van der Waals surface area contributed by atoms with E-state index in [4.69, 9.17) is 17.3 Å². The fourth-order valence-corrected chi connectivity index (χ4v) is 3.09. The van der Waals surface area contributed by atoms with Crippen molar-refractivity contribution in [3.63, 3.8) is 0 Å². The highest BCUT2D eigenvalue weighted by atomic mass is 35.5. The Morgan fingerprint density at radius 3 is 2.60 bits per heavy atom. The Morgan fingerprint density at radius 1 is 1.40 bits per heavy atom. The number of nitrogens with two attached hydrogens (primary N) is 1. The molecular weight excluding hydrogens is 276 g/mol. The molecule has 0 spiro atoms. The average molecular weight is 297 g/mol. The maximum absolute atomic E-state index is 11.0. The number of carbonyl (C=O) groups excluding carboxylic acids is 1. The molecule has 2 rings (SSSR count). The molecule has 1 aliphatic heterocycles. The van der Waals surface area contributed by atoms with Crippen molar-refractivity contribution in [1.82, 2.24) is 9.97 Å². The molecule has 0 bridgehead atoms. The number of hydrogen-bond donors (Lipinski definition) is 1. The molecule has 1 saturated heterocycles. The molecule has 1 aromatic heterocycles. The van der Waals surface area contributed by atoms with Crippen LogP contribution in [-0.2, 0) is 11.2 Å². The molecule has 6 heteroatoms. The van der Waals surface area contributed by atoms with Gasteiger partial charge in [-0.25, -0.2) is 9.97 Å². The van der Waals surface area contributed by atoms with Gasteiger partial charge in [-0.3, -0.25) is 4.79 Å². The van der Waals surface area contributed by atoms with Crippen LogP contribution in [0.5, 0.6) is 0 Å². The lowest BCUT2D eigenvalue weighted by Gasteiger charge is -2.33. The van der Waals surface area contributed by atoms with Gasteiger partial charge < -0.3 is 10.6 Å². The molecule has 0 unspecified atom stereocenters. The number of carbonyl (C=O) groups is 1. The summed E-state index contributed by atoms with van der Waals surface area (Å²) < 4.78 is 0. The van der Waals surface area contributed by atoms with E-state index in [1.165, 1.54) is 0 Å². The van der Waals surface area contributed by atoms with Crippen LogP contribution < -0.4 is 10.6 Å². The van der Waals surface area contributed by atoms with E-state index in [1.54, 1.807) is 0 Å². The predicted molar refractivity (Wildman–Crippen MR) is 79.9 cm³/mol. The normalized spacial score (nSPS) is 16.4. The van der Waals surface area contributed by atoms with Crippen LogP contribution in [0.4, 0.5) is 5.82 Å². The number of piperidine rings is 1. The van der Waals surface area contributed by atoms with E-state index < -0.39 is 0 Å². The van der Waals surface area contributed by atoms with Crippen LogP contribution in [0.3, 0.4) is 0 Å². The van der Waals surface area contributed by atoms with Crippen molar-refractivity contribution in [3.05, 3.63) is 16.5 Å². The van der Waals surface area contributed by atoms with Crippen LogP contribution in [0, 0.1) is 12.8 Å². The first-order chi connectivity index (χ1) is 9.51. The van der Waals surface area contributed by atoms with Crippen molar-refractivity contribution in [2.45, 2.75) is 39.5 Å².